The number of nitrogens with zero attached hydrogens (tertiary/aromatic N) is 1. The van der Waals surface area contributed by atoms with E-state index in [0.29, 0.717) is 44.0 Å². The number of nitrogens with two attached hydrogens (primary N) is 1. The molecule has 116 valence electrons. The number of amides is 2. The SMILES string of the molecule is CCC(NC(=O)c1coc(CN)c1)C(=O)N1CCOCC1. The number of hydrogen-bond acceptors (Lipinski definition) is 5. The van der Waals surface area contributed by atoms with Crippen molar-refractivity contribution in [2.24, 2.45) is 5.73 Å². The van der Waals surface area contributed by atoms with Crippen molar-refractivity contribution in [1.82, 2.24) is 10.2 Å². The third kappa shape index (κ3) is 3.83. The largest absolute Gasteiger partial charge is 0.467 e. The van der Waals surface area contributed by atoms with E-state index in [0.717, 1.165) is 0 Å². The molecule has 1 aliphatic rings. The second-order valence-corrected chi connectivity index (χ2v) is 4.88. The van der Waals surface area contributed by atoms with Gasteiger partial charge in [0.05, 0.1) is 25.3 Å². The molecule has 1 aromatic rings. The lowest BCUT2D eigenvalue weighted by Crippen LogP contribution is -2.51. The number of morpholine rings is 1. The highest BCUT2D eigenvalue weighted by Gasteiger charge is 2.26. The molecule has 2 amide bonds. The van der Waals surface area contributed by atoms with Crippen LogP contribution in [0, 0.1) is 0 Å². The van der Waals surface area contributed by atoms with Gasteiger partial charge in [0.1, 0.15) is 18.1 Å². The lowest BCUT2D eigenvalue weighted by atomic mass is 10.1. The van der Waals surface area contributed by atoms with E-state index in [2.05, 4.69) is 5.32 Å². The number of carbonyl (C=O) groups excluding carboxylic acids is 2. The number of ether oxygens (including phenoxy) is 1. The van der Waals surface area contributed by atoms with Gasteiger partial charge in [-0.1, -0.05) is 6.92 Å². The third-order valence-electron chi connectivity index (χ3n) is 3.45. The molecule has 1 atom stereocenters. The molecule has 2 rings (SSSR count). The molecule has 2 heterocycles. The lowest BCUT2D eigenvalue weighted by molar-refractivity contribution is -0.137. The standard InChI is InChI=1S/C14H21N3O4/c1-2-12(14(19)17-3-5-20-6-4-17)16-13(18)10-7-11(8-15)21-9-10/h7,9,12H,2-6,8,15H2,1H3,(H,16,18). The molecule has 1 unspecified atom stereocenters. The molecular formula is C14H21N3O4. The maximum Gasteiger partial charge on any atom is 0.255 e. The van der Waals surface area contributed by atoms with Crippen LogP contribution in [0.3, 0.4) is 0 Å². The Hall–Kier alpha value is -1.86. The van der Waals surface area contributed by atoms with Crippen LogP contribution < -0.4 is 11.1 Å². The van der Waals surface area contributed by atoms with Gasteiger partial charge in [-0.05, 0) is 12.5 Å². The van der Waals surface area contributed by atoms with Gasteiger partial charge >= 0.3 is 0 Å². The van der Waals surface area contributed by atoms with Gasteiger partial charge in [0, 0.05) is 13.1 Å². The molecule has 1 fully saturated rings. The first-order valence-electron chi connectivity index (χ1n) is 7.10. The minimum absolute atomic E-state index is 0.0725. The quantitative estimate of drug-likeness (QED) is 0.803. The predicted molar refractivity (Wildman–Crippen MR) is 75.5 cm³/mol. The van der Waals surface area contributed by atoms with E-state index in [1.807, 2.05) is 6.92 Å². The van der Waals surface area contributed by atoms with Crippen LogP contribution in [0.5, 0.6) is 0 Å². The Bertz CT molecular complexity index is 494. The Kier molecular flexibility index (Phi) is 5.35. The van der Waals surface area contributed by atoms with Gasteiger partial charge in [0.2, 0.25) is 5.91 Å². The summed E-state index contributed by atoms with van der Waals surface area (Å²) in [5.41, 5.74) is 5.82. The number of nitrogens with one attached hydrogen (secondary N) is 1. The van der Waals surface area contributed by atoms with E-state index in [4.69, 9.17) is 14.9 Å². The molecule has 7 heteroatoms. The third-order valence-corrected chi connectivity index (χ3v) is 3.45. The molecule has 0 radical (unpaired) electrons. The molecule has 3 N–H and O–H groups in total. The maximum absolute atomic E-state index is 12.4. The summed E-state index contributed by atoms with van der Waals surface area (Å²) in [6, 6.07) is 1.05. The first kappa shape index (κ1) is 15.5. The van der Waals surface area contributed by atoms with Crippen molar-refractivity contribution in [1.29, 1.82) is 0 Å². The van der Waals surface area contributed by atoms with Crippen LogP contribution in [-0.4, -0.2) is 49.1 Å². The summed E-state index contributed by atoms with van der Waals surface area (Å²) in [5.74, 6) is 0.135. The van der Waals surface area contributed by atoms with Crippen LogP contribution in [0.2, 0.25) is 0 Å². The molecule has 0 aliphatic carbocycles. The molecule has 21 heavy (non-hydrogen) atoms. The summed E-state index contributed by atoms with van der Waals surface area (Å²) in [7, 11) is 0. The van der Waals surface area contributed by atoms with E-state index in [-0.39, 0.29) is 18.4 Å². The van der Waals surface area contributed by atoms with E-state index in [9.17, 15) is 9.59 Å². The zero-order chi connectivity index (χ0) is 15.2. The molecule has 0 spiro atoms. The van der Waals surface area contributed by atoms with Crippen molar-refractivity contribution >= 4 is 11.8 Å². The minimum Gasteiger partial charge on any atom is -0.467 e. The van der Waals surface area contributed by atoms with Crippen molar-refractivity contribution in [3.8, 4) is 0 Å². The summed E-state index contributed by atoms with van der Waals surface area (Å²) in [6.07, 6.45) is 1.88. The van der Waals surface area contributed by atoms with Crippen LogP contribution in [0.25, 0.3) is 0 Å². The monoisotopic (exact) mass is 295 g/mol. The maximum atomic E-state index is 12.4. The summed E-state index contributed by atoms with van der Waals surface area (Å²) in [6.45, 7) is 4.30. The summed E-state index contributed by atoms with van der Waals surface area (Å²) < 4.78 is 10.4. The van der Waals surface area contributed by atoms with E-state index in [1.54, 1.807) is 11.0 Å². The molecule has 0 aromatic carbocycles. The van der Waals surface area contributed by atoms with Gasteiger partial charge in [-0.15, -0.1) is 0 Å². The van der Waals surface area contributed by atoms with Crippen molar-refractivity contribution in [2.45, 2.75) is 25.9 Å². The zero-order valence-corrected chi connectivity index (χ0v) is 12.1. The molecule has 0 bridgehead atoms. The van der Waals surface area contributed by atoms with Gasteiger partial charge in [0.15, 0.2) is 0 Å². The highest BCUT2D eigenvalue weighted by Crippen LogP contribution is 2.09. The molecule has 1 saturated heterocycles. The summed E-state index contributed by atoms with van der Waals surface area (Å²) in [4.78, 5) is 26.2. The summed E-state index contributed by atoms with van der Waals surface area (Å²) >= 11 is 0. The number of carbonyl (C=O) groups is 2. The summed E-state index contributed by atoms with van der Waals surface area (Å²) in [5, 5.41) is 2.75. The molecule has 0 saturated carbocycles. The lowest BCUT2D eigenvalue weighted by Gasteiger charge is -2.30. The average Bonchev–Trinajstić information content (AvgIpc) is 3.01. The fourth-order valence-corrected chi connectivity index (χ4v) is 2.19. The zero-order valence-electron chi connectivity index (χ0n) is 12.1. The van der Waals surface area contributed by atoms with Gasteiger partial charge in [-0.3, -0.25) is 9.59 Å². The Labute approximate surface area is 123 Å². The highest BCUT2D eigenvalue weighted by atomic mass is 16.5. The first-order chi connectivity index (χ1) is 10.2. The normalized spacial score (nSPS) is 16.6. The number of rotatable bonds is 5. The van der Waals surface area contributed by atoms with Gasteiger partial charge < -0.3 is 25.1 Å². The van der Waals surface area contributed by atoms with Crippen molar-refractivity contribution in [3.63, 3.8) is 0 Å². The van der Waals surface area contributed by atoms with E-state index < -0.39 is 6.04 Å². The average molecular weight is 295 g/mol. The van der Waals surface area contributed by atoms with Crippen LogP contribution in [0.1, 0.15) is 29.5 Å². The van der Waals surface area contributed by atoms with E-state index >= 15 is 0 Å². The minimum atomic E-state index is -0.535. The Morgan fingerprint density at radius 1 is 1.43 bits per heavy atom. The van der Waals surface area contributed by atoms with Crippen LogP contribution in [0.15, 0.2) is 16.7 Å². The Morgan fingerprint density at radius 3 is 2.71 bits per heavy atom. The Balaban J connectivity index is 1.97. The van der Waals surface area contributed by atoms with E-state index in [1.165, 1.54) is 6.26 Å². The van der Waals surface area contributed by atoms with Crippen molar-refractivity contribution in [2.75, 3.05) is 26.3 Å². The van der Waals surface area contributed by atoms with Gasteiger partial charge in [0.25, 0.3) is 5.91 Å². The topological polar surface area (TPSA) is 97.8 Å². The predicted octanol–water partition coefficient (Wildman–Crippen LogP) is 0.106. The van der Waals surface area contributed by atoms with Crippen molar-refractivity contribution < 1.29 is 18.7 Å². The fourth-order valence-electron chi connectivity index (χ4n) is 2.19. The molecule has 1 aliphatic heterocycles. The molecule has 7 nitrogen and oxygen atoms in total. The smallest absolute Gasteiger partial charge is 0.255 e. The highest BCUT2D eigenvalue weighted by molar-refractivity contribution is 5.97. The van der Waals surface area contributed by atoms with Crippen LogP contribution >= 0.6 is 0 Å². The molecule has 1 aromatic heterocycles. The molecular weight excluding hydrogens is 274 g/mol. The first-order valence-corrected chi connectivity index (χ1v) is 7.10. The number of furan rings is 1. The van der Waals surface area contributed by atoms with Crippen LogP contribution in [0.4, 0.5) is 0 Å². The second-order valence-electron chi connectivity index (χ2n) is 4.88. The van der Waals surface area contributed by atoms with Gasteiger partial charge in [-0.25, -0.2) is 0 Å². The van der Waals surface area contributed by atoms with Crippen LogP contribution in [-0.2, 0) is 16.1 Å². The van der Waals surface area contributed by atoms with Gasteiger partial charge in [-0.2, -0.15) is 0 Å². The second kappa shape index (κ2) is 7.24. The Morgan fingerprint density at radius 2 is 2.14 bits per heavy atom. The van der Waals surface area contributed by atoms with Crippen molar-refractivity contribution in [3.05, 3.63) is 23.7 Å². The number of hydrogen-bond donors (Lipinski definition) is 2. The fraction of sp³-hybridized carbons (Fsp3) is 0.571.